The second-order valence-electron chi connectivity index (χ2n) is 4.44. The highest BCUT2D eigenvalue weighted by atomic mass is 32.2. The van der Waals surface area contributed by atoms with Crippen molar-refractivity contribution >= 4 is 11.8 Å². The van der Waals surface area contributed by atoms with Crippen LogP contribution in [0, 0.1) is 5.82 Å². The topological polar surface area (TPSA) is 12.0 Å². The molecule has 0 amide bonds. The van der Waals surface area contributed by atoms with Crippen molar-refractivity contribution in [1.82, 2.24) is 5.32 Å². The summed E-state index contributed by atoms with van der Waals surface area (Å²) in [7, 11) is 0. The van der Waals surface area contributed by atoms with Gasteiger partial charge in [0, 0.05) is 9.64 Å². The Morgan fingerprint density at radius 1 is 1.27 bits per heavy atom. The number of thioether (sulfide) groups is 1. The van der Waals surface area contributed by atoms with Crippen LogP contribution in [0.1, 0.15) is 18.4 Å². The van der Waals surface area contributed by atoms with E-state index in [1.165, 1.54) is 5.56 Å². The largest absolute Gasteiger partial charge is 0.317 e. The fraction of sp³-hybridized carbons (Fsp3) is 0.500. The Kier molecular flexibility index (Phi) is 2.25. The van der Waals surface area contributed by atoms with Crippen LogP contribution in [0.25, 0.3) is 0 Å². The van der Waals surface area contributed by atoms with Crippen molar-refractivity contribution in [3.63, 3.8) is 0 Å². The third kappa shape index (κ3) is 1.58. The minimum atomic E-state index is -0.0343. The Hall–Kier alpha value is -0.540. The van der Waals surface area contributed by atoms with E-state index in [1.807, 2.05) is 6.07 Å². The van der Waals surface area contributed by atoms with Crippen molar-refractivity contribution in [3.05, 3.63) is 29.6 Å². The zero-order chi connectivity index (χ0) is 10.3. The van der Waals surface area contributed by atoms with Crippen molar-refractivity contribution in [2.24, 2.45) is 0 Å². The van der Waals surface area contributed by atoms with Crippen LogP contribution in [-0.4, -0.2) is 17.8 Å². The maximum Gasteiger partial charge on any atom is 0.137 e. The predicted molar refractivity (Wildman–Crippen MR) is 60.8 cm³/mol. The predicted octanol–water partition coefficient (Wildman–Crippen LogP) is 2.60. The molecular formula is C12H14FNS. The zero-order valence-electron chi connectivity index (χ0n) is 8.55. The van der Waals surface area contributed by atoms with Gasteiger partial charge in [0.15, 0.2) is 0 Å². The molecule has 1 N–H and O–H groups in total. The van der Waals surface area contributed by atoms with Gasteiger partial charge in [-0.15, -0.1) is 11.8 Å². The molecule has 0 saturated carbocycles. The van der Waals surface area contributed by atoms with Crippen LogP contribution in [0.15, 0.2) is 23.1 Å². The van der Waals surface area contributed by atoms with Gasteiger partial charge >= 0.3 is 0 Å². The van der Waals surface area contributed by atoms with Crippen molar-refractivity contribution in [2.75, 3.05) is 13.1 Å². The molecular weight excluding hydrogens is 209 g/mol. The Morgan fingerprint density at radius 3 is 2.80 bits per heavy atom. The van der Waals surface area contributed by atoms with Crippen LogP contribution in [0.2, 0.25) is 0 Å². The lowest BCUT2D eigenvalue weighted by molar-refractivity contribution is 0.417. The number of hydrogen-bond acceptors (Lipinski definition) is 2. The molecule has 2 aliphatic rings. The van der Waals surface area contributed by atoms with E-state index in [9.17, 15) is 4.39 Å². The molecule has 3 heteroatoms. The van der Waals surface area contributed by atoms with Gasteiger partial charge < -0.3 is 5.32 Å². The summed E-state index contributed by atoms with van der Waals surface area (Å²) in [6.07, 6.45) is 3.37. The van der Waals surface area contributed by atoms with Crippen LogP contribution in [-0.2, 0) is 6.42 Å². The van der Waals surface area contributed by atoms with Gasteiger partial charge in [0.2, 0.25) is 0 Å². The van der Waals surface area contributed by atoms with Gasteiger partial charge in [-0.05, 0) is 44.0 Å². The first-order valence-corrected chi connectivity index (χ1v) is 6.28. The van der Waals surface area contributed by atoms with Crippen LogP contribution < -0.4 is 5.32 Å². The molecule has 80 valence electrons. The molecule has 1 aromatic rings. The second kappa shape index (κ2) is 3.49. The van der Waals surface area contributed by atoms with Gasteiger partial charge in [-0.1, -0.05) is 12.1 Å². The molecule has 3 rings (SSSR count). The molecule has 0 aromatic heterocycles. The van der Waals surface area contributed by atoms with Crippen molar-refractivity contribution in [3.8, 4) is 0 Å². The highest BCUT2D eigenvalue weighted by Crippen LogP contribution is 2.50. The number of rotatable bonds is 0. The molecule has 1 nitrogen and oxygen atoms in total. The highest BCUT2D eigenvalue weighted by Gasteiger charge is 2.40. The van der Waals surface area contributed by atoms with Crippen molar-refractivity contribution in [2.45, 2.75) is 28.9 Å². The average molecular weight is 223 g/mol. The van der Waals surface area contributed by atoms with Gasteiger partial charge in [0.1, 0.15) is 5.82 Å². The number of nitrogens with one attached hydrogen (secondary N) is 1. The summed E-state index contributed by atoms with van der Waals surface area (Å²) in [5.41, 5.74) is 1.21. The smallest absolute Gasteiger partial charge is 0.137 e. The molecule has 2 heterocycles. The number of fused-ring (bicyclic) bond motifs is 1. The quantitative estimate of drug-likeness (QED) is 0.725. The Balaban J connectivity index is 1.94. The highest BCUT2D eigenvalue weighted by molar-refractivity contribution is 8.01. The molecule has 1 spiro atoms. The van der Waals surface area contributed by atoms with Gasteiger partial charge in [0.25, 0.3) is 0 Å². The summed E-state index contributed by atoms with van der Waals surface area (Å²) in [6, 6.07) is 5.48. The fourth-order valence-corrected chi connectivity index (χ4v) is 4.07. The summed E-state index contributed by atoms with van der Waals surface area (Å²) < 4.78 is 13.9. The maximum absolute atomic E-state index is 13.6. The Morgan fingerprint density at radius 2 is 2.07 bits per heavy atom. The summed E-state index contributed by atoms with van der Waals surface area (Å²) in [5.74, 6) is -0.0343. The third-order valence-electron chi connectivity index (χ3n) is 3.39. The van der Waals surface area contributed by atoms with Crippen LogP contribution >= 0.6 is 11.8 Å². The summed E-state index contributed by atoms with van der Waals surface area (Å²) in [6.45, 7) is 2.14. The zero-order valence-corrected chi connectivity index (χ0v) is 9.37. The lowest BCUT2D eigenvalue weighted by Gasteiger charge is -2.32. The Labute approximate surface area is 93.4 Å². The third-order valence-corrected chi connectivity index (χ3v) is 5.04. The van der Waals surface area contributed by atoms with E-state index >= 15 is 0 Å². The summed E-state index contributed by atoms with van der Waals surface area (Å²) in [4.78, 5) is 0.902. The minimum absolute atomic E-state index is 0.0343. The van der Waals surface area contributed by atoms with Crippen LogP contribution in [0.5, 0.6) is 0 Å². The molecule has 1 saturated heterocycles. The normalized spacial score (nSPS) is 23.0. The standard InChI is InChI=1S/C12H14FNS/c13-10-3-1-2-9-8-12(15-11(9)10)4-6-14-7-5-12/h1-3,14H,4-8H2. The molecule has 0 bridgehead atoms. The number of benzene rings is 1. The lowest BCUT2D eigenvalue weighted by Crippen LogP contribution is -2.39. The van der Waals surface area contributed by atoms with E-state index in [-0.39, 0.29) is 10.6 Å². The lowest BCUT2D eigenvalue weighted by atomic mass is 9.90. The monoisotopic (exact) mass is 223 g/mol. The van der Waals surface area contributed by atoms with Gasteiger partial charge in [-0.3, -0.25) is 0 Å². The van der Waals surface area contributed by atoms with E-state index in [4.69, 9.17) is 0 Å². The average Bonchev–Trinajstić information content (AvgIpc) is 2.59. The molecule has 15 heavy (non-hydrogen) atoms. The number of hydrogen-bond donors (Lipinski definition) is 1. The molecule has 2 aliphatic heterocycles. The van der Waals surface area contributed by atoms with Crippen LogP contribution in [0.4, 0.5) is 4.39 Å². The fourth-order valence-electron chi connectivity index (χ4n) is 2.57. The molecule has 0 aliphatic carbocycles. The van der Waals surface area contributed by atoms with Gasteiger partial charge in [0.05, 0.1) is 0 Å². The number of piperidine rings is 1. The molecule has 0 atom stereocenters. The second-order valence-corrected chi connectivity index (χ2v) is 5.92. The molecule has 0 radical (unpaired) electrons. The van der Waals surface area contributed by atoms with Crippen LogP contribution in [0.3, 0.4) is 0 Å². The number of halogens is 1. The van der Waals surface area contributed by atoms with E-state index in [0.717, 1.165) is 37.2 Å². The summed E-state index contributed by atoms with van der Waals surface area (Å²) >= 11 is 1.77. The van der Waals surface area contributed by atoms with Gasteiger partial charge in [-0.2, -0.15) is 0 Å². The molecule has 0 unspecified atom stereocenters. The first-order valence-electron chi connectivity index (χ1n) is 5.46. The van der Waals surface area contributed by atoms with Crippen molar-refractivity contribution < 1.29 is 4.39 Å². The SMILES string of the molecule is Fc1cccc2c1SC1(CCNCC1)C2. The first-order chi connectivity index (χ1) is 7.29. The first kappa shape index (κ1) is 9.67. The van der Waals surface area contributed by atoms with E-state index in [0.29, 0.717) is 0 Å². The summed E-state index contributed by atoms with van der Waals surface area (Å²) in [5, 5.41) is 3.37. The molecule has 1 aromatic carbocycles. The van der Waals surface area contributed by atoms with E-state index in [2.05, 4.69) is 11.4 Å². The van der Waals surface area contributed by atoms with Gasteiger partial charge in [-0.25, -0.2) is 4.39 Å². The minimum Gasteiger partial charge on any atom is -0.317 e. The molecule has 1 fully saturated rings. The van der Waals surface area contributed by atoms with Crippen molar-refractivity contribution in [1.29, 1.82) is 0 Å². The van der Waals surface area contributed by atoms with E-state index < -0.39 is 0 Å². The van der Waals surface area contributed by atoms with E-state index in [1.54, 1.807) is 17.8 Å². The Bertz CT molecular complexity index is 385. The maximum atomic E-state index is 13.6.